The fraction of sp³-hybridized carbons (Fsp3) is 0.889. The minimum absolute atomic E-state index is 0.118. The molecule has 78 valence electrons. The van der Waals surface area contributed by atoms with Gasteiger partial charge in [0.1, 0.15) is 0 Å². The summed E-state index contributed by atoms with van der Waals surface area (Å²) in [5.74, 6) is 0.744. The Balaban J connectivity index is 3.26. The van der Waals surface area contributed by atoms with Crippen LogP contribution >= 0.6 is 12.2 Å². The Kier molecular flexibility index (Phi) is 8.04. The van der Waals surface area contributed by atoms with Crippen molar-refractivity contribution >= 4 is 17.3 Å². The molecule has 0 spiro atoms. The molecular weight excluding hydrogens is 184 g/mol. The molecule has 0 aliphatic heterocycles. The molecule has 0 aliphatic rings. The van der Waals surface area contributed by atoms with Gasteiger partial charge in [-0.2, -0.15) is 0 Å². The number of aliphatic hydroxyl groups is 1. The number of nitrogens with one attached hydrogen (secondary N) is 2. The third-order valence-electron chi connectivity index (χ3n) is 2.02. The molecule has 0 radical (unpaired) electrons. The topological polar surface area (TPSA) is 44.3 Å². The standard InChI is InChI=1S/C9H20N2OS/c1-3-8(2)4-5-10-9(13)11-6-7-12/h8,12H,3-7H2,1-2H3,(H2,10,11,13). The van der Waals surface area contributed by atoms with Gasteiger partial charge in [0.15, 0.2) is 5.11 Å². The molecule has 4 heteroatoms. The lowest BCUT2D eigenvalue weighted by molar-refractivity contribution is 0.300. The number of thiocarbonyl (C=S) groups is 1. The predicted molar refractivity (Wildman–Crippen MR) is 59.8 cm³/mol. The van der Waals surface area contributed by atoms with Crippen molar-refractivity contribution in [2.75, 3.05) is 19.7 Å². The first-order chi connectivity index (χ1) is 6.20. The first kappa shape index (κ1) is 12.7. The fourth-order valence-electron chi connectivity index (χ4n) is 0.868. The van der Waals surface area contributed by atoms with Gasteiger partial charge in [0.25, 0.3) is 0 Å². The van der Waals surface area contributed by atoms with E-state index in [0.717, 1.165) is 18.9 Å². The van der Waals surface area contributed by atoms with Crippen LogP contribution < -0.4 is 10.6 Å². The first-order valence-corrected chi connectivity index (χ1v) is 5.24. The van der Waals surface area contributed by atoms with Crippen LogP contribution in [0.3, 0.4) is 0 Å². The van der Waals surface area contributed by atoms with Crippen LogP contribution in [-0.2, 0) is 0 Å². The fourth-order valence-corrected chi connectivity index (χ4v) is 1.07. The van der Waals surface area contributed by atoms with E-state index in [2.05, 4.69) is 24.5 Å². The molecule has 0 aromatic rings. The van der Waals surface area contributed by atoms with Crippen molar-refractivity contribution in [1.82, 2.24) is 10.6 Å². The van der Waals surface area contributed by atoms with Crippen molar-refractivity contribution in [3.05, 3.63) is 0 Å². The lowest BCUT2D eigenvalue weighted by Crippen LogP contribution is -2.37. The van der Waals surface area contributed by atoms with Crippen LogP contribution in [0.5, 0.6) is 0 Å². The molecule has 3 nitrogen and oxygen atoms in total. The first-order valence-electron chi connectivity index (χ1n) is 4.83. The van der Waals surface area contributed by atoms with Crippen molar-refractivity contribution < 1.29 is 5.11 Å². The van der Waals surface area contributed by atoms with E-state index in [-0.39, 0.29) is 6.61 Å². The third kappa shape index (κ3) is 7.99. The predicted octanol–water partition coefficient (Wildman–Crippen LogP) is 0.879. The van der Waals surface area contributed by atoms with E-state index in [4.69, 9.17) is 17.3 Å². The van der Waals surface area contributed by atoms with E-state index < -0.39 is 0 Å². The monoisotopic (exact) mass is 204 g/mol. The number of rotatable bonds is 6. The molecule has 0 fully saturated rings. The molecule has 0 rings (SSSR count). The Morgan fingerprint density at radius 2 is 2.00 bits per heavy atom. The summed E-state index contributed by atoms with van der Waals surface area (Å²) >= 11 is 4.97. The molecule has 3 N–H and O–H groups in total. The normalized spacial score (nSPS) is 12.2. The Bertz CT molecular complexity index is 142. The summed E-state index contributed by atoms with van der Waals surface area (Å²) in [6, 6.07) is 0. The second kappa shape index (κ2) is 8.26. The minimum atomic E-state index is 0.118. The van der Waals surface area contributed by atoms with E-state index in [1.165, 1.54) is 6.42 Å². The zero-order valence-corrected chi connectivity index (χ0v) is 9.28. The SMILES string of the molecule is CCC(C)CCNC(=S)NCCO. The Morgan fingerprint density at radius 3 is 2.54 bits per heavy atom. The molecule has 0 amide bonds. The second-order valence-electron chi connectivity index (χ2n) is 3.21. The molecule has 1 unspecified atom stereocenters. The van der Waals surface area contributed by atoms with Crippen molar-refractivity contribution in [2.45, 2.75) is 26.7 Å². The lowest BCUT2D eigenvalue weighted by atomic mass is 10.1. The van der Waals surface area contributed by atoms with Gasteiger partial charge < -0.3 is 15.7 Å². The molecule has 0 aliphatic carbocycles. The van der Waals surface area contributed by atoms with Crippen LogP contribution in [0.15, 0.2) is 0 Å². The Morgan fingerprint density at radius 1 is 1.38 bits per heavy atom. The summed E-state index contributed by atoms with van der Waals surface area (Å²) in [5, 5.41) is 15.1. The largest absolute Gasteiger partial charge is 0.395 e. The van der Waals surface area contributed by atoms with Crippen molar-refractivity contribution in [3.63, 3.8) is 0 Å². The van der Waals surface area contributed by atoms with Gasteiger partial charge in [-0.05, 0) is 24.6 Å². The maximum Gasteiger partial charge on any atom is 0.166 e. The summed E-state index contributed by atoms with van der Waals surface area (Å²) < 4.78 is 0. The van der Waals surface area contributed by atoms with Crippen LogP contribution in [0.2, 0.25) is 0 Å². The van der Waals surface area contributed by atoms with Gasteiger partial charge in [-0.3, -0.25) is 0 Å². The van der Waals surface area contributed by atoms with Crippen molar-refractivity contribution in [1.29, 1.82) is 0 Å². The van der Waals surface area contributed by atoms with E-state index in [0.29, 0.717) is 11.7 Å². The Labute approximate surface area is 85.9 Å². The summed E-state index contributed by atoms with van der Waals surface area (Å²) in [6.07, 6.45) is 2.34. The van der Waals surface area contributed by atoms with Crippen LogP contribution in [0.1, 0.15) is 26.7 Å². The lowest BCUT2D eigenvalue weighted by Gasteiger charge is -2.11. The molecule has 0 saturated heterocycles. The highest BCUT2D eigenvalue weighted by Gasteiger charge is 1.98. The van der Waals surface area contributed by atoms with Crippen LogP contribution in [0.25, 0.3) is 0 Å². The molecular formula is C9H20N2OS. The molecule has 0 aromatic carbocycles. The maximum atomic E-state index is 8.52. The van der Waals surface area contributed by atoms with Crippen molar-refractivity contribution in [3.8, 4) is 0 Å². The smallest absolute Gasteiger partial charge is 0.166 e. The summed E-state index contributed by atoms with van der Waals surface area (Å²) in [4.78, 5) is 0. The molecule has 0 saturated carbocycles. The van der Waals surface area contributed by atoms with Crippen LogP contribution in [-0.4, -0.2) is 29.9 Å². The van der Waals surface area contributed by atoms with Gasteiger partial charge in [-0.25, -0.2) is 0 Å². The number of hydrogen-bond acceptors (Lipinski definition) is 2. The van der Waals surface area contributed by atoms with E-state index in [9.17, 15) is 0 Å². The van der Waals surface area contributed by atoms with Gasteiger partial charge in [-0.15, -0.1) is 0 Å². The van der Waals surface area contributed by atoms with E-state index in [1.807, 2.05) is 0 Å². The average Bonchev–Trinajstić information content (AvgIpc) is 2.14. The maximum absolute atomic E-state index is 8.52. The molecule has 0 aromatic heterocycles. The highest BCUT2D eigenvalue weighted by atomic mass is 32.1. The van der Waals surface area contributed by atoms with Gasteiger partial charge in [0.05, 0.1) is 6.61 Å². The quantitative estimate of drug-likeness (QED) is 0.562. The zero-order valence-electron chi connectivity index (χ0n) is 8.47. The average molecular weight is 204 g/mol. The Hall–Kier alpha value is -0.350. The highest BCUT2D eigenvalue weighted by Crippen LogP contribution is 2.03. The number of hydrogen-bond donors (Lipinski definition) is 3. The third-order valence-corrected chi connectivity index (χ3v) is 2.31. The van der Waals surface area contributed by atoms with Gasteiger partial charge in [0, 0.05) is 13.1 Å². The minimum Gasteiger partial charge on any atom is -0.395 e. The highest BCUT2D eigenvalue weighted by molar-refractivity contribution is 7.80. The number of aliphatic hydroxyl groups excluding tert-OH is 1. The van der Waals surface area contributed by atoms with Crippen molar-refractivity contribution in [2.24, 2.45) is 5.92 Å². The van der Waals surface area contributed by atoms with E-state index in [1.54, 1.807) is 0 Å². The summed E-state index contributed by atoms with van der Waals surface area (Å²) in [5.41, 5.74) is 0. The van der Waals surface area contributed by atoms with Gasteiger partial charge in [-0.1, -0.05) is 20.3 Å². The summed E-state index contributed by atoms with van der Waals surface area (Å²) in [7, 11) is 0. The molecule has 13 heavy (non-hydrogen) atoms. The van der Waals surface area contributed by atoms with Gasteiger partial charge in [0.2, 0.25) is 0 Å². The van der Waals surface area contributed by atoms with E-state index >= 15 is 0 Å². The molecule has 0 bridgehead atoms. The zero-order chi connectivity index (χ0) is 10.1. The summed E-state index contributed by atoms with van der Waals surface area (Å²) in [6.45, 7) is 5.97. The van der Waals surface area contributed by atoms with Crippen LogP contribution in [0.4, 0.5) is 0 Å². The molecule has 1 atom stereocenters. The molecule has 0 heterocycles. The van der Waals surface area contributed by atoms with Gasteiger partial charge >= 0.3 is 0 Å². The second-order valence-corrected chi connectivity index (χ2v) is 3.62. The van der Waals surface area contributed by atoms with Crippen LogP contribution in [0, 0.1) is 5.92 Å².